The van der Waals surface area contributed by atoms with Gasteiger partial charge < -0.3 is 35.1 Å². The lowest BCUT2D eigenvalue weighted by atomic mass is 10.00. The number of guanidine groups is 1. The number of nitrogens with two attached hydrogens (primary N) is 1. The van der Waals surface area contributed by atoms with E-state index in [1.807, 2.05) is 0 Å². The number of aromatic nitrogens is 3. The maximum atomic E-state index is 12.8. The van der Waals surface area contributed by atoms with Crippen LogP contribution in [-0.4, -0.2) is 103 Å². The summed E-state index contributed by atoms with van der Waals surface area (Å²) in [5.41, 5.74) is 4.05. The first kappa shape index (κ1) is 33.6. The van der Waals surface area contributed by atoms with E-state index in [9.17, 15) is 19.2 Å². The molecular formula is C27H45N9O7. The fraction of sp³-hybridized carbons (Fsp3) is 0.741. The van der Waals surface area contributed by atoms with E-state index < -0.39 is 41.1 Å². The van der Waals surface area contributed by atoms with E-state index in [1.165, 1.54) is 11.0 Å². The number of rotatable bonds is 6. The summed E-state index contributed by atoms with van der Waals surface area (Å²) >= 11 is 0. The number of hydrogen-bond donors (Lipinski definition) is 3. The fourth-order valence-corrected chi connectivity index (χ4v) is 4.12. The molecule has 2 atom stereocenters. The maximum absolute atomic E-state index is 12.8. The zero-order valence-corrected chi connectivity index (χ0v) is 26.5. The second-order valence-electron chi connectivity index (χ2n) is 13.7. The van der Waals surface area contributed by atoms with Crippen molar-refractivity contribution in [1.82, 2.24) is 35.4 Å². The number of carbonyl (C=O) groups excluding carboxylic acids is 4. The van der Waals surface area contributed by atoms with Crippen molar-refractivity contribution < 1.29 is 33.4 Å². The number of amides is 4. The van der Waals surface area contributed by atoms with Crippen LogP contribution in [-0.2, 0) is 32.1 Å². The minimum absolute atomic E-state index is 0.0463. The molecule has 4 N–H and O–H groups in total. The van der Waals surface area contributed by atoms with Crippen molar-refractivity contribution in [2.45, 2.75) is 104 Å². The summed E-state index contributed by atoms with van der Waals surface area (Å²) in [6.07, 6.45) is -0.618. The molecule has 0 bridgehead atoms. The number of carbonyl (C=O) groups is 4. The molecular weight excluding hydrogens is 562 g/mol. The zero-order chi connectivity index (χ0) is 32.3. The van der Waals surface area contributed by atoms with Crippen LogP contribution in [0.3, 0.4) is 0 Å². The summed E-state index contributed by atoms with van der Waals surface area (Å²) in [7, 11) is 0. The molecule has 0 aromatic carbocycles. The second-order valence-corrected chi connectivity index (χ2v) is 13.7. The number of alkyl carbamates (subject to hydrolysis) is 1. The van der Waals surface area contributed by atoms with Gasteiger partial charge in [-0.2, -0.15) is 15.0 Å². The SMILES string of the molecule is CC(C)(C)OC(=O)N=C(NC(=O)OC(C)(C)C)N(Cc1cnn(C[C@@H]2NC(=O)[C@H]2N)n1)CC1CN(C(=O)OC(C)(C)C)C1. The molecule has 0 saturated carbocycles. The average molecular weight is 608 g/mol. The summed E-state index contributed by atoms with van der Waals surface area (Å²) in [5.74, 6) is -0.391. The molecule has 0 radical (unpaired) electrons. The Morgan fingerprint density at radius 3 is 2.19 bits per heavy atom. The molecule has 4 amide bonds. The van der Waals surface area contributed by atoms with Gasteiger partial charge in [-0.05, 0) is 62.3 Å². The first-order valence-corrected chi connectivity index (χ1v) is 14.2. The Morgan fingerprint density at radius 2 is 1.65 bits per heavy atom. The van der Waals surface area contributed by atoms with Crippen LogP contribution in [0.2, 0.25) is 0 Å². The molecule has 3 heterocycles. The van der Waals surface area contributed by atoms with E-state index in [1.54, 1.807) is 72.1 Å². The van der Waals surface area contributed by atoms with Crippen LogP contribution in [0, 0.1) is 5.92 Å². The topological polar surface area (TPSA) is 196 Å². The van der Waals surface area contributed by atoms with Crippen molar-refractivity contribution >= 4 is 30.1 Å². The molecule has 43 heavy (non-hydrogen) atoms. The quantitative estimate of drug-likeness (QED) is 0.184. The molecule has 1 aromatic heterocycles. The van der Waals surface area contributed by atoms with Crippen molar-refractivity contribution in [2.24, 2.45) is 16.6 Å². The number of aliphatic imine (C=N–C) groups is 1. The van der Waals surface area contributed by atoms with Crippen molar-refractivity contribution in [3.8, 4) is 0 Å². The summed E-state index contributed by atoms with van der Waals surface area (Å²) in [6.45, 7) is 17.1. The van der Waals surface area contributed by atoms with E-state index in [0.29, 0.717) is 18.8 Å². The Balaban J connectivity index is 1.83. The van der Waals surface area contributed by atoms with Gasteiger partial charge in [0.15, 0.2) is 0 Å². The smallest absolute Gasteiger partial charge is 0.437 e. The van der Waals surface area contributed by atoms with Gasteiger partial charge in [0.1, 0.15) is 28.5 Å². The van der Waals surface area contributed by atoms with Crippen LogP contribution >= 0.6 is 0 Å². The summed E-state index contributed by atoms with van der Waals surface area (Å²) < 4.78 is 16.3. The summed E-state index contributed by atoms with van der Waals surface area (Å²) in [4.78, 5) is 58.3. The fourth-order valence-electron chi connectivity index (χ4n) is 4.12. The van der Waals surface area contributed by atoms with Gasteiger partial charge in [-0.3, -0.25) is 10.1 Å². The highest BCUT2D eigenvalue weighted by Gasteiger charge is 2.38. The average Bonchev–Trinajstić information content (AvgIpc) is 3.22. The van der Waals surface area contributed by atoms with Crippen LogP contribution in [0.25, 0.3) is 0 Å². The number of hydrogen-bond acceptors (Lipinski definition) is 10. The Morgan fingerprint density at radius 1 is 1.05 bits per heavy atom. The van der Waals surface area contributed by atoms with Gasteiger partial charge in [-0.1, -0.05) is 0 Å². The van der Waals surface area contributed by atoms with Gasteiger partial charge in [-0.25, -0.2) is 14.4 Å². The monoisotopic (exact) mass is 607 g/mol. The van der Waals surface area contributed by atoms with Gasteiger partial charge in [0.05, 0.1) is 25.3 Å². The molecule has 0 unspecified atom stereocenters. The Labute approximate surface area is 251 Å². The van der Waals surface area contributed by atoms with E-state index in [2.05, 4.69) is 25.8 Å². The standard InChI is InChI=1S/C27H45N9O7/c1-25(2,3)41-22(38)31-21(32-23(39)42-26(4,5)6)34(11-16-12-35(13-16)24(40)43-27(7,8)9)14-17-10-29-36(33-17)15-18-19(28)20(37)30-18/h10,16,18-19H,11-15,28H2,1-9H3,(H,30,37)(H,31,32,38,39)/t18-,19-/m0/s1. The Bertz CT molecular complexity index is 1220. The van der Waals surface area contributed by atoms with Crippen molar-refractivity contribution in [2.75, 3.05) is 19.6 Å². The van der Waals surface area contributed by atoms with E-state index in [-0.39, 0.29) is 43.5 Å². The molecule has 0 spiro atoms. The number of nitrogens with zero attached hydrogens (tertiary/aromatic N) is 6. The Hall–Kier alpha value is -3.95. The lowest BCUT2D eigenvalue weighted by molar-refractivity contribution is -0.130. The van der Waals surface area contributed by atoms with E-state index >= 15 is 0 Å². The number of nitrogens with one attached hydrogen (secondary N) is 2. The lowest BCUT2D eigenvalue weighted by Crippen LogP contribution is -2.68. The predicted octanol–water partition coefficient (Wildman–Crippen LogP) is 1.59. The minimum atomic E-state index is -0.911. The Kier molecular flexibility index (Phi) is 9.93. The van der Waals surface area contributed by atoms with Crippen LogP contribution in [0.15, 0.2) is 11.2 Å². The van der Waals surface area contributed by atoms with E-state index in [0.717, 1.165) is 0 Å². The third-order valence-electron chi connectivity index (χ3n) is 5.95. The second kappa shape index (κ2) is 12.7. The van der Waals surface area contributed by atoms with Gasteiger partial charge in [0, 0.05) is 25.6 Å². The first-order chi connectivity index (χ1) is 19.7. The number of likely N-dealkylation sites (tertiary alicyclic amines) is 1. The molecule has 16 heteroatoms. The molecule has 1 aromatic rings. The third kappa shape index (κ3) is 10.7. The molecule has 2 fully saturated rings. The first-order valence-electron chi connectivity index (χ1n) is 14.2. The maximum Gasteiger partial charge on any atom is 0.437 e. The van der Waals surface area contributed by atoms with Crippen molar-refractivity contribution in [1.29, 1.82) is 0 Å². The van der Waals surface area contributed by atoms with Crippen LogP contribution < -0.4 is 16.4 Å². The van der Waals surface area contributed by atoms with Crippen LogP contribution in [0.4, 0.5) is 14.4 Å². The zero-order valence-electron chi connectivity index (χ0n) is 26.5. The van der Waals surface area contributed by atoms with E-state index in [4.69, 9.17) is 19.9 Å². The lowest BCUT2D eigenvalue weighted by Gasteiger charge is -2.42. The number of ether oxygens (including phenoxy) is 3. The van der Waals surface area contributed by atoms with Crippen LogP contribution in [0.1, 0.15) is 68.0 Å². The minimum Gasteiger partial charge on any atom is -0.444 e. The van der Waals surface area contributed by atoms with Crippen molar-refractivity contribution in [3.05, 3.63) is 11.9 Å². The largest absolute Gasteiger partial charge is 0.444 e. The highest BCUT2D eigenvalue weighted by molar-refractivity contribution is 5.99. The highest BCUT2D eigenvalue weighted by Crippen LogP contribution is 2.22. The molecule has 2 saturated heterocycles. The van der Waals surface area contributed by atoms with Crippen molar-refractivity contribution in [3.63, 3.8) is 0 Å². The molecule has 0 aliphatic carbocycles. The predicted molar refractivity (Wildman–Crippen MR) is 155 cm³/mol. The molecule has 3 rings (SSSR count). The van der Waals surface area contributed by atoms with Gasteiger partial charge in [0.2, 0.25) is 11.9 Å². The highest BCUT2D eigenvalue weighted by atomic mass is 16.6. The third-order valence-corrected chi connectivity index (χ3v) is 5.95. The summed E-state index contributed by atoms with van der Waals surface area (Å²) in [5, 5.41) is 14.0. The molecule has 2 aliphatic heterocycles. The molecule has 240 valence electrons. The summed E-state index contributed by atoms with van der Waals surface area (Å²) in [6, 6.07) is -0.932. The molecule has 2 aliphatic rings. The number of β-lactam (4-membered cyclic amide) rings is 1. The van der Waals surface area contributed by atoms with Crippen LogP contribution in [0.5, 0.6) is 0 Å². The van der Waals surface area contributed by atoms with Gasteiger partial charge >= 0.3 is 18.3 Å². The molecule has 16 nitrogen and oxygen atoms in total. The normalized spacial score (nSPS) is 19.5. The van der Waals surface area contributed by atoms with Gasteiger partial charge in [-0.15, -0.1) is 4.99 Å². The van der Waals surface area contributed by atoms with Gasteiger partial charge in [0.25, 0.3) is 0 Å².